The van der Waals surface area contributed by atoms with Gasteiger partial charge in [-0.05, 0) is 13.0 Å². The van der Waals surface area contributed by atoms with E-state index in [-0.39, 0.29) is 4.87 Å². The number of hydrogen-bond donors (Lipinski definition) is 2. The normalized spacial score (nSPS) is 10.5. The minimum atomic E-state index is 0.0327. The molecule has 0 aliphatic heterocycles. The number of nitrogens with one attached hydrogen (secondary N) is 2. The fraction of sp³-hybridized carbons (Fsp3) is 0.667. The van der Waals surface area contributed by atoms with E-state index in [0.29, 0.717) is 0 Å². The summed E-state index contributed by atoms with van der Waals surface area (Å²) in [6.07, 6.45) is 3.73. The molecule has 1 heterocycles. The topological polar surface area (TPSA) is 44.9 Å². The first kappa shape index (κ1) is 10.5. The third-order valence-corrected chi connectivity index (χ3v) is 2.56. The summed E-state index contributed by atoms with van der Waals surface area (Å²) < 4.78 is 0. The predicted octanol–water partition coefficient (Wildman–Crippen LogP) is 1.72. The number of aromatic amines is 1. The Morgan fingerprint density at radius 2 is 2.38 bits per heavy atom. The van der Waals surface area contributed by atoms with Crippen LogP contribution in [0.2, 0.25) is 0 Å². The van der Waals surface area contributed by atoms with Crippen molar-refractivity contribution in [1.82, 2.24) is 10.3 Å². The molecule has 0 atom stereocenters. The predicted molar refractivity (Wildman–Crippen MR) is 56.2 cm³/mol. The van der Waals surface area contributed by atoms with Gasteiger partial charge in [0.2, 0.25) is 0 Å². The number of unbranched alkanes of at least 4 members (excludes halogenated alkanes) is 2. The van der Waals surface area contributed by atoms with Crippen LogP contribution in [0, 0.1) is 0 Å². The molecule has 0 aliphatic rings. The average Bonchev–Trinajstić information content (AvgIpc) is 2.51. The largest absolute Gasteiger partial charge is 0.315 e. The van der Waals surface area contributed by atoms with Crippen molar-refractivity contribution in [3.8, 4) is 0 Å². The molecular formula is C9H16N2OS. The van der Waals surface area contributed by atoms with Gasteiger partial charge in [-0.2, -0.15) is 0 Å². The fourth-order valence-corrected chi connectivity index (χ4v) is 1.71. The Balaban J connectivity index is 2.09. The summed E-state index contributed by atoms with van der Waals surface area (Å²) in [6.45, 7) is 4.00. The summed E-state index contributed by atoms with van der Waals surface area (Å²) in [6, 6.07) is 0. The van der Waals surface area contributed by atoms with Crippen LogP contribution >= 0.6 is 11.3 Å². The van der Waals surface area contributed by atoms with E-state index in [1.165, 1.54) is 30.6 Å². The monoisotopic (exact) mass is 200 g/mol. The van der Waals surface area contributed by atoms with Crippen LogP contribution in [-0.2, 0) is 6.54 Å². The van der Waals surface area contributed by atoms with E-state index >= 15 is 0 Å². The van der Waals surface area contributed by atoms with Crippen LogP contribution < -0.4 is 10.2 Å². The van der Waals surface area contributed by atoms with Gasteiger partial charge < -0.3 is 10.3 Å². The highest BCUT2D eigenvalue weighted by molar-refractivity contribution is 7.07. The SMILES string of the molecule is CCCCCNCc1csc(=O)[nH]1. The Bertz CT molecular complexity index is 279. The van der Waals surface area contributed by atoms with Crippen molar-refractivity contribution in [2.45, 2.75) is 32.7 Å². The second-order valence-electron chi connectivity index (χ2n) is 3.06. The van der Waals surface area contributed by atoms with Crippen molar-refractivity contribution >= 4 is 11.3 Å². The Morgan fingerprint density at radius 1 is 1.54 bits per heavy atom. The summed E-state index contributed by atoms with van der Waals surface area (Å²) in [5.74, 6) is 0. The number of thiazole rings is 1. The Hall–Kier alpha value is -0.610. The molecule has 1 aromatic rings. The van der Waals surface area contributed by atoms with Gasteiger partial charge in [-0.1, -0.05) is 31.1 Å². The summed E-state index contributed by atoms with van der Waals surface area (Å²) in [7, 11) is 0. The molecule has 4 heteroatoms. The minimum absolute atomic E-state index is 0.0327. The molecule has 74 valence electrons. The van der Waals surface area contributed by atoms with Crippen LogP contribution in [0.4, 0.5) is 0 Å². The molecule has 0 amide bonds. The lowest BCUT2D eigenvalue weighted by atomic mass is 10.2. The van der Waals surface area contributed by atoms with Crippen LogP contribution in [0.15, 0.2) is 10.2 Å². The van der Waals surface area contributed by atoms with Crippen LogP contribution in [0.3, 0.4) is 0 Å². The maximum absolute atomic E-state index is 10.8. The Labute approximate surface area is 82.2 Å². The highest BCUT2D eigenvalue weighted by atomic mass is 32.1. The van der Waals surface area contributed by atoms with Crippen molar-refractivity contribution in [2.24, 2.45) is 0 Å². The number of aromatic nitrogens is 1. The van der Waals surface area contributed by atoms with Gasteiger partial charge in [0.1, 0.15) is 0 Å². The molecule has 1 rings (SSSR count). The quantitative estimate of drug-likeness (QED) is 0.687. The second kappa shape index (κ2) is 5.94. The van der Waals surface area contributed by atoms with E-state index in [9.17, 15) is 4.79 Å². The maximum atomic E-state index is 10.8. The van der Waals surface area contributed by atoms with Crippen molar-refractivity contribution in [2.75, 3.05) is 6.54 Å². The van der Waals surface area contributed by atoms with Gasteiger partial charge >= 0.3 is 4.87 Å². The number of rotatable bonds is 6. The number of H-pyrrole nitrogens is 1. The zero-order valence-electron chi connectivity index (χ0n) is 7.93. The zero-order valence-corrected chi connectivity index (χ0v) is 8.75. The third-order valence-electron chi connectivity index (χ3n) is 1.84. The smallest absolute Gasteiger partial charge is 0.304 e. The maximum Gasteiger partial charge on any atom is 0.304 e. The molecule has 0 spiro atoms. The first-order valence-electron chi connectivity index (χ1n) is 4.70. The molecular weight excluding hydrogens is 184 g/mol. The fourth-order valence-electron chi connectivity index (χ4n) is 1.12. The molecule has 2 N–H and O–H groups in total. The van der Waals surface area contributed by atoms with Crippen molar-refractivity contribution in [3.05, 3.63) is 20.7 Å². The van der Waals surface area contributed by atoms with Crippen molar-refractivity contribution < 1.29 is 0 Å². The summed E-state index contributed by atoms with van der Waals surface area (Å²) >= 11 is 1.22. The van der Waals surface area contributed by atoms with E-state index in [1.54, 1.807) is 0 Å². The van der Waals surface area contributed by atoms with Gasteiger partial charge in [0.05, 0.1) is 0 Å². The van der Waals surface area contributed by atoms with Crippen molar-refractivity contribution in [3.63, 3.8) is 0 Å². The van der Waals surface area contributed by atoms with Gasteiger partial charge in [0, 0.05) is 17.6 Å². The molecule has 0 radical (unpaired) electrons. The van der Waals surface area contributed by atoms with E-state index in [1.807, 2.05) is 5.38 Å². The average molecular weight is 200 g/mol. The third kappa shape index (κ3) is 4.24. The van der Waals surface area contributed by atoms with E-state index in [0.717, 1.165) is 18.8 Å². The van der Waals surface area contributed by atoms with Crippen LogP contribution in [0.1, 0.15) is 31.9 Å². The summed E-state index contributed by atoms with van der Waals surface area (Å²) in [4.78, 5) is 13.6. The van der Waals surface area contributed by atoms with E-state index in [4.69, 9.17) is 0 Å². The molecule has 0 fully saturated rings. The molecule has 1 aromatic heterocycles. The van der Waals surface area contributed by atoms with Crippen molar-refractivity contribution in [1.29, 1.82) is 0 Å². The lowest BCUT2D eigenvalue weighted by Crippen LogP contribution is -2.15. The minimum Gasteiger partial charge on any atom is -0.315 e. The molecule has 0 bridgehead atoms. The Morgan fingerprint density at radius 3 is 3.00 bits per heavy atom. The van der Waals surface area contributed by atoms with Gasteiger partial charge in [-0.15, -0.1) is 0 Å². The van der Waals surface area contributed by atoms with E-state index < -0.39 is 0 Å². The van der Waals surface area contributed by atoms with Crippen LogP contribution in [-0.4, -0.2) is 11.5 Å². The number of hydrogen-bond acceptors (Lipinski definition) is 3. The highest BCUT2D eigenvalue weighted by Gasteiger charge is 1.94. The first-order valence-corrected chi connectivity index (χ1v) is 5.58. The summed E-state index contributed by atoms with van der Waals surface area (Å²) in [5.41, 5.74) is 0.992. The van der Waals surface area contributed by atoms with Gasteiger partial charge in [-0.25, -0.2) is 0 Å². The van der Waals surface area contributed by atoms with Gasteiger partial charge in [-0.3, -0.25) is 4.79 Å². The molecule has 0 saturated heterocycles. The van der Waals surface area contributed by atoms with Crippen LogP contribution in [0.5, 0.6) is 0 Å². The molecule has 0 aliphatic carbocycles. The van der Waals surface area contributed by atoms with Gasteiger partial charge in [0.25, 0.3) is 0 Å². The molecule has 13 heavy (non-hydrogen) atoms. The molecule has 0 saturated carbocycles. The first-order chi connectivity index (χ1) is 6.33. The molecule has 0 aromatic carbocycles. The lowest BCUT2D eigenvalue weighted by molar-refractivity contribution is 0.611. The Kier molecular flexibility index (Phi) is 4.78. The lowest BCUT2D eigenvalue weighted by Gasteiger charge is -2.00. The molecule has 3 nitrogen and oxygen atoms in total. The zero-order chi connectivity index (χ0) is 9.52. The van der Waals surface area contributed by atoms with Crippen LogP contribution in [0.25, 0.3) is 0 Å². The second-order valence-corrected chi connectivity index (χ2v) is 3.90. The molecule has 0 unspecified atom stereocenters. The van der Waals surface area contributed by atoms with E-state index in [2.05, 4.69) is 17.2 Å². The summed E-state index contributed by atoms with van der Waals surface area (Å²) in [5, 5.41) is 5.16. The standard InChI is InChI=1S/C9H16N2OS/c1-2-3-4-5-10-6-8-7-13-9(12)11-8/h7,10H,2-6H2,1H3,(H,11,12). The highest BCUT2D eigenvalue weighted by Crippen LogP contribution is 1.95. The van der Waals surface area contributed by atoms with Gasteiger partial charge in [0.15, 0.2) is 0 Å².